The van der Waals surface area contributed by atoms with E-state index < -0.39 is 40.4 Å². The van der Waals surface area contributed by atoms with E-state index in [1.54, 1.807) is 18.2 Å². The highest BCUT2D eigenvalue weighted by Crippen LogP contribution is 2.76. The molecule has 1 aromatic rings. The standard InChI is InChI=1S/C40H56O8/c1-24-14-19-40(34(44)45)21-20-37(4)26(33(40)39(24,6)46)10-12-30-35(2)17-16-31(42)36(3,29(35)15-18-38(30,37)5)23-48-32(43)13-9-25-8-11-28(47-7)27(41)22-25/h8-11,13,22,24,29-31,33,41-42,46H,12,14-21,23H2,1-7H3,(H,44,45)/b13-9+/t24-,29-,30-,31?,33-,35+,36-,37-,38-,39-,40+/m1/s1. The molecule has 11 atom stereocenters. The van der Waals surface area contributed by atoms with Gasteiger partial charge in [0.15, 0.2) is 11.5 Å². The molecule has 0 amide bonds. The SMILES string of the molecule is COc1ccc(/C=C/C(=O)OC[C@@]2(C)C(O)CC[C@@]3(C)[C@H]2CC[C@]2(C)[C@@H]3CC=C3[C@H]4[C@](C(=O)O)(CC[C@@H](C)[C@@]4(C)O)CC[C@]32C)cc1O. The molecule has 0 radical (unpaired) electrons. The lowest BCUT2D eigenvalue weighted by Crippen LogP contribution is -2.68. The molecule has 8 nitrogen and oxygen atoms in total. The van der Waals surface area contributed by atoms with Gasteiger partial charge in [-0.2, -0.15) is 0 Å². The second-order valence-electron chi connectivity index (χ2n) is 17.3. The van der Waals surface area contributed by atoms with Crippen LogP contribution in [0.4, 0.5) is 0 Å². The summed E-state index contributed by atoms with van der Waals surface area (Å²) in [5.41, 5.74) is -1.37. The second-order valence-corrected chi connectivity index (χ2v) is 17.3. The first-order valence-electron chi connectivity index (χ1n) is 18.0. The Morgan fingerprint density at radius 1 is 0.979 bits per heavy atom. The van der Waals surface area contributed by atoms with Gasteiger partial charge in [0.1, 0.15) is 0 Å². The topological polar surface area (TPSA) is 134 Å². The van der Waals surface area contributed by atoms with Gasteiger partial charge in [0, 0.05) is 17.4 Å². The molecular weight excluding hydrogens is 608 g/mol. The summed E-state index contributed by atoms with van der Waals surface area (Å²) in [5.74, 6) is -0.908. The number of phenolic OH excluding ortho intramolecular Hbond substituents is 1. The molecule has 8 heteroatoms. The highest BCUT2D eigenvalue weighted by Gasteiger charge is 2.71. The van der Waals surface area contributed by atoms with Gasteiger partial charge in [-0.15, -0.1) is 0 Å². The van der Waals surface area contributed by atoms with Crippen LogP contribution in [-0.4, -0.2) is 57.8 Å². The Bertz CT molecular complexity index is 1530. The van der Waals surface area contributed by atoms with Crippen LogP contribution in [0, 0.1) is 50.7 Å². The van der Waals surface area contributed by atoms with E-state index >= 15 is 0 Å². The van der Waals surface area contributed by atoms with Gasteiger partial charge in [0.05, 0.1) is 30.8 Å². The Morgan fingerprint density at radius 2 is 1.71 bits per heavy atom. The van der Waals surface area contributed by atoms with Gasteiger partial charge in [-0.3, -0.25) is 4.79 Å². The van der Waals surface area contributed by atoms with Crippen LogP contribution in [0.25, 0.3) is 6.08 Å². The molecule has 0 bridgehead atoms. The third-order valence-electron chi connectivity index (χ3n) is 15.4. The summed E-state index contributed by atoms with van der Waals surface area (Å²) in [6.07, 6.45) is 11.5. The number of aromatic hydroxyl groups is 1. The molecule has 6 rings (SSSR count). The predicted octanol–water partition coefficient (Wildman–Crippen LogP) is 7.16. The minimum absolute atomic E-state index is 0.0125. The normalized spacial score (nSPS) is 45.2. The Morgan fingerprint density at radius 3 is 2.38 bits per heavy atom. The van der Waals surface area contributed by atoms with Crippen molar-refractivity contribution in [3.8, 4) is 11.5 Å². The maximum absolute atomic E-state index is 13.0. The molecule has 4 N–H and O–H groups in total. The number of carbonyl (C=O) groups excluding carboxylic acids is 1. The van der Waals surface area contributed by atoms with Gasteiger partial charge >= 0.3 is 11.9 Å². The zero-order valence-electron chi connectivity index (χ0n) is 29.8. The van der Waals surface area contributed by atoms with Crippen LogP contribution in [0.15, 0.2) is 35.9 Å². The van der Waals surface area contributed by atoms with E-state index in [4.69, 9.17) is 9.47 Å². The molecule has 5 aliphatic rings. The number of hydrogen-bond donors (Lipinski definition) is 4. The Hall–Kier alpha value is -2.84. The first-order chi connectivity index (χ1) is 22.4. The van der Waals surface area contributed by atoms with E-state index in [0.717, 1.165) is 37.7 Å². The van der Waals surface area contributed by atoms with Gasteiger partial charge < -0.3 is 29.9 Å². The fraction of sp³-hybridized carbons (Fsp3) is 0.700. The summed E-state index contributed by atoms with van der Waals surface area (Å²) >= 11 is 0. The molecule has 0 aliphatic heterocycles. The van der Waals surface area contributed by atoms with Crippen molar-refractivity contribution < 1.29 is 39.5 Å². The number of methoxy groups -OCH3 is 1. The summed E-state index contributed by atoms with van der Waals surface area (Å²) < 4.78 is 11.0. The molecule has 4 fully saturated rings. The van der Waals surface area contributed by atoms with Crippen molar-refractivity contribution in [1.82, 2.24) is 0 Å². The van der Waals surface area contributed by atoms with Crippen molar-refractivity contribution in [3.63, 3.8) is 0 Å². The van der Waals surface area contributed by atoms with Gasteiger partial charge in [-0.1, -0.05) is 52.3 Å². The van der Waals surface area contributed by atoms with Crippen LogP contribution in [0.3, 0.4) is 0 Å². The van der Waals surface area contributed by atoms with Crippen molar-refractivity contribution >= 4 is 18.0 Å². The summed E-state index contributed by atoms with van der Waals surface area (Å²) in [7, 11) is 1.48. The number of aliphatic hydroxyl groups is 2. The fourth-order valence-electron chi connectivity index (χ4n) is 12.1. The van der Waals surface area contributed by atoms with Crippen LogP contribution in [0.2, 0.25) is 0 Å². The highest BCUT2D eigenvalue weighted by atomic mass is 16.5. The van der Waals surface area contributed by atoms with Gasteiger partial charge in [-0.25, -0.2) is 4.79 Å². The van der Waals surface area contributed by atoms with Crippen LogP contribution in [0.1, 0.15) is 105 Å². The minimum Gasteiger partial charge on any atom is -0.504 e. The number of allylic oxidation sites excluding steroid dienone is 1. The molecule has 0 saturated heterocycles. The smallest absolute Gasteiger partial charge is 0.330 e. The largest absolute Gasteiger partial charge is 0.504 e. The van der Waals surface area contributed by atoms with Crippen molar-refractivity contribution in [2.75, 3.05) is 13.7 Å². The number of benzene rings is 1. The van der Waals surface area contributed by atoms with E-state index in [2.05, 4.69) is 40.7 Å². The number of esters is 1. The highest BCUT2D eigenvalue weighted by molar-refractivity contribution is 5.87. The number of fused-ring (bicyclic) bond motifs is 7. The molecule has 1 unspecified atom stereocenters. The van der Waals surface area contributed by atoms with Crippen LogP contribution in [0.5, 0.6) is 11.5 Å². The first kappa shape index (κ1) is 35.0. The maximum atomic E-state index is 13.0. The lowest BCUT2D eigenvalue weighted by atomic mass is 9.33. The number of carbonyl (C=O) groups is 2. The second kappa shape index (κ2) is 11.6. The molecule has 1 aromatic carbocycles. The summed E-state index contributed by atoms with van der Waals surface area (Å²) in [5, 5.41) is 44.4. The van der Waals surface area contributed by atoms with E-state index in [0.29, 0.717) is 42.9 Å². The number of phenols is 1. The molecule has 0 heterocycles. The Balaban J connectivity index is 1.27. The number of hydrogen-bond acceptors (Lipinski definition) is 7. The summed E-state index contributed by atoms with van der Waals surface area (Å²) in [4.78, 5) is 26.0. The van der Waals surface area contributed by atoms with Crippen LogP contribution in [-0.2, 0) is 14.3 Å². The molecule has 0 aromatic heterocycles. The van der Waals surface area contributed by atoms with Crippen molar-refractivity contribution in [2.45, 2.75) is 111 Å². The zero-order valence-corrected chi connectivity index (χ0v) is 29.8. The van der Waals surface area contributed by atoms with Gasteiger partial charge in [0.25, 0.3) is 0 Å². The molecule has 0 spiro atoms. The predicted molar refractivity (Wildman–Crippen MR) is 183 cm³/mol. The number of ether oxygens (including phenoxy) is 2. The number of carboxylic acid groups (broad SMARTS) is 1. The van der Waals surface area contributed by atoms with Crippen molar-refractivity contribution in [1.29, 1.82) is 0 Å². The number of rotatable bonds is 6. The van der Waals surface area contributed by atoms with Crippen molar-refractivity contribution in [2.24, 2.45) is 50.7 Å². The molecule has 264 valence electrons. The lowest BCUT2D eigenvalue weighted by Gasteiger charge is -2.71. The van der Waals surface area contributed by atoms with Crippen LogP contribution < -0.4 is 4.74 Å². The zero-order chi connectivity index (χ0) is 35.1. The van der Waals surface area contributed by atoms with E-state index in [1.807, 2.05) is 6.92 Å². The number of aliphatic hydroxyl groups excluding tert-OH is 1. The lowest BCUT2D eigenvalue weighted by molar-refractivity contribution is -0.227. The summed E-state index contributed by atoms with van der Waals surface area (Å²) in [6.45, 7) is 13.3. The Labute approximate surface area is 285 Å². The van der Waals surface area contributed by atoms with Crippen molar-refractivity contribution in [3.05, 3.63) is 41.5 Å². The fourth-order valence-corrected chi connectivity index (χ4v) is 12.1. The van der Waals surface area contributed by atoms with E-state index in [9.17, 15) is 30.0 Å². The third-order valence-corrected chi connectivity index (χ3v) is 15.4. The number of aliphatic carboxylic acids is 1. The minimum atomic E-state index is -1.10. The maximum Gasteiger partial charge on any atom is 0.330 e. The molecule has 5 aliphatic carbocycles. The van der Waals surface area contributed by atoms with Gasteiger partial charge in [0.2, 0.25) is 0 Å². The first-order valence-corrected chi connectivity index (χ1v) is 18.0. The number of carboxylic acids is 1. The molecule has 4 saturated carbocycles. The van der Waals surface area contributed by atoms with E-state index in [-0.39, 0.29) is 40.4 Å². The summed E-state index contributed by atoms with van der Waals surface area (Å²) in [6, 6.07) is 4.90. The van der Waals surface area contributed by atoms with E-state index in [1.165, 1.54) is 19.3 Å². The molecule has 48 heavy (non-hydrogen) atoms. The monoisotopic (exact) mass is 664 g/mol. The van der Waals surface area contributed by atoms with Gasteiger partial charge in [-0.05, 0) is 122 Å². The average molecular weight is 665 g/mol. The molecular formula is C40H56O8. The third kappa shape index (κ3) is 4.82. The Kier molecular flexibility index (Phi) is 8.47. The quantitative estimate of drug-likeness (QED) is 0.143. The van der Waals surface area contributed by atoms with Crippen LogP contribution >= 0.6 is 0 Å². The average Bonchev–Trinajstić information content (AvgIpc) is 3.03.